The van der Waals surface area contributed by atoms with Crippen LogP contribution in [-0.4, -0.2) is 5.78 Å². The normalized spacial score (nSPS) is 40.2. The van der Waals surface area contributed by atoms with Crippen molar-refractivity contribution in [1.29, 1.82) is 0 Å². The van der Waals surface area contributed by atoms with Crippen molar-refractivity contribution in [3.05, 3.63) is 41.9 Å². The van der Waals surface area contributed by atoms with E-state index in [1.54, 1.807) is 0 Å². The van der Waals surface area contributed by atoms with Crippen molar-refractivity contribution in [2.75, 3.05) is 0 Å². The molecule has 6 heteroatoms. The molecule has 4 aliphatic rings. The molecule has 0 aromatic rings. The van der Waals surface area contributed by atoms with Crippen LogP contribution >= 0.6 is 0 Å². The Balaban J connectivity index is 0.000000586. The Morgan fingerprint density at radius 3 is 2.60 bits per heavy atom. The van der Waals surface area contributed by atoms with E-state index in [9.17, 15) is 4.79 Å². The summed E-state index contributed by atoms with van der Waals surface area (Å²) in [6, 6.07) is 0. The molecule has 25 heavy (non-hydrogen) atoms. The quantitative estimate of drug-likeness (QED) is 0.287. The molecule has 0 radical (unpaired) electrons. The fraction of sp³-hybridized carbons (Fsp3) is 0.632. The van der Waals surface area contributed by atoms with Crippen molar-refractivity contribution in [3.63, 3.8) is 0 Å². The first kappa shape index (κ1) is 24.1. The molecule has 5 atom stereocenters. The summed E-state index contributed by atoms with van der Waals surface area (Å²) in [6.45, 7) is 4.84. The Morgan fingerprint density at radius 2 is 1.92 bits per heavy atom. The van der Waals surface area contributed by atoms with Crippen molar-refractivity contribution < 1.29 is 82.2 Å². The van der Waals surface area contributed by atoms with Gasteiger partial charge >= 0.3 is 51.4 Å². The number of carbonyl (C=O) groups is 1. The number of ketones is 1. The molecule has 2 saturated carbocycles. The van der Waals surface area contributed by atoms with Gasteiger partial charge in [-0.05, 0) is 67.4 Å². The van der Waals surface area contributed by atoms with E-state index in [4.69, 9.17) is 5.90 Å². The van der Waals surface area contributed by atoms with Crippen LogP contribution in [0.4, 0.5) is 0 Å². The zero-order valence-electron chi connectivity index (χ0n) is 15.5. The topological polar surface area (TPSA) is 76.1 Å². The Morgan fingerprint density at radius 1 is 1.24 bits per heavy atom. The van der Waals surface area contributed by atoms with Crippen molar-refractivity contribution in [2.45, 2.75) is 46.0 Å². The minimum absolute atomic E-state index is 0. The summed E-state index contributed by atoms with van der Waals surface area (Å²) in [5.74, 6) is 12.1. The molecule has 2 fully saturated rings. The number of fused-ring (bicyclic) bond motifs is 5. The van der Waals surface area contributed by atoms with Gasteiger partial charge in [-0.1, -0.05) is 37.6 Å². The standard InChI is InChI=1S/C19H24O.K.H3N2O.W/c1-18-9-3-4-16(18)15-6-5-13-12-14(20)7-11-19(13,2)17(15)8-10-18;;1-3-2;/h3,7,9,11-12,15-17H,4-6,8,10H2,1-2H3;;1H,2H2;/q;+1;-1;/t15?,16?,17?,18-,19-;;;/m0.../s1. The van der Waals surface area contributed by atoms with Crippen molar-refractivity contribution in [1.82, 2.24) is 0 Å². The van der Waals surface area contributed by atoms with Crippen LogP contribution in [0.2, 0.25) is 0 Å². The molecule has 4 rings (SSSR count). The van der Waals surface area contributed by atoms with E-state index < -0.39 is 0 Å². The van der Waals surface area contributed by atoms with Gasteiger partial charge in [0.05, 0.1) is 0 Å². The van der Waals surface area contributed by atoms with Gasteiger partial charge < -0.3 is 10.8 Å². The van der Waals surface area contributed by atoms with Gasteiger partial charge in [0.25, 0.3) is 0 Å². The predicted octanol–water partition coefficient (Wildman–Crippen LogP) is 1.31. The second kappa shape index (κ2) is 9.53. The Kier molecular flexibility index (Phi) is 9.20. The van der Waals surface area contributed by atoms with Crippen LogP contribution in [0.25, 0.3) is 5.90 Å². The van der Waals surface area contributed by atoms with Crippen LogP contribution in [-0.2, 0) is 30.8 Å². The molecular formula is C19H27KN2O2W. The molecule has 0 aromatic heterocycles. The number of allylic oxidation sites excluding steroid dienone is 6. The van der Waals surface area contributed by atoms with Crippen LogP contribution in [0.3, 0.4) is 0 Å². The summed E-state index contributed by atoms with van der Waals surface area (Å²) in [6.07, 6.45) is 17.2. The van der Waals surface area contributed by atoms with Crippen LogP contribution in [0.15, 0.2) is 36.0 Å². The van der Waals surface area contributed by atoms with Gasteiger partial charge in [-0.25, -0.2) is 5.90 Å². The van der Waals surface area contributed by atoms with Gasteiger partial charge in [0, 0.05) is 26.5 Å². The Hall–Kier alpha value is 1.09. The smallest absolute Gasteiger partial charge is 0.529 e. The van der Waals surface area contributed by atoms with E-state index in [2.05, 4.69) is 42.9 Å². The van der Waals surface area contributed by atoms with E-state index in [0.29, 0.717) is 5.41 Å². The van der Waals surface area contributed by atoms with E-state index in [0.717, 1.165) is 24.2 Å². The maximum Gasteiger partial charge on any atom is 1.00 e. The third kappa shape index (κ3) is 4.41. The number of hydrogen-bond acceptors (Lipinski definition) is 3. The van der Waals surface area contributed by atoms with Gasteiger partial charge in [0.1, 0.15) is 0 Å². The molecule has 4 aliphatic carbocycles. The van der Waals surface area contributed by atoms with Crippen LogP contribution in [0.1, 0.15) is 46.0 Å². The third-order valence-corrected chi connectivity index (χ3v) is 6.88. The first-order valence-corrected chi connectivity index (χ1v) is 8.59. The van der Waals surface area contributed by atoms with E-state index in [-0.39, 0.29) is 83.6 Å². The van der Waals surface area contributed by atoms with Crippen LogP contribution in [0.5, 0.6) is 0 Å². The summed E-state index contributed by atoms with van der Waals surface area (Å²) in [4.78, 5) is 14.7. The number of nitrogens with one attached hydrogen (secondary N) is 1. The van der Waals surface area contributed by atoms with Gasteiger partial charge in [-0.2, -0.15) is 0 Å². The summed E-state index contributed by atoms with van der Waals surface area (Å²) in [5, 5.41) is 0. The summed E-state index contributed by atoms with van der Waals surface area (Å²) < 4.78 is 0. The van der Waals surface area contributed by atoms with Gasteiger partial charge in [0.2, 0.25) is 0 Å². The first-order chi connectivity index (χ1) is 10.9. The van der Waals surface area contributed by atoms with E-state index in [1.165, 1.54) is 31.3 Å². The molecule has 132 valence electrons. The van der Waals surface area contributed by atoms with Crippen molar-refractivity contribution in [3.8, 4) is 0 Å². The van der Waals surface area contributed by atoms with Gasteiger partial charge in [0.15, 0.2) is 5.78 Å². The number of carbonyl (C=O) groups excluding carboxylic acids is 1. The zero-order valence-corrected chi connectivity index (χ0v) is 21.5. The molecule has 3 unspecified atom stereocenters. The Labute approximate surface area is 207 Å². The Bertz CT molecular complexity index is 592. The fourth-order valence-electron chi connectivity index (χ4n) is 5.68. The maximum atomic E-state index is 11.7. The van der Waals surface area contributed by atoms with Crippen LogP contribution < -0.4 is 57.3 Å². The summed E-state index contributed by atoms with van der Waals surface area (Å²) in [5.41, 5.74) is 2.01. The predicted molar refractivity (Wildman–Crippen MR) is 90.7 cm³/mol. The molecule has 0 amide bonds. The molecule has 0 heterocycles. The van der Waals surface area contributed by atoms with E-state index in [1.807, 2.05) is 12.2 Å². The second-order valence-electron chi connectivity index (χ2n) is 7.90. The average Bonchev–Trinajstić information content (AvgIpc) is 2.90. The summed E-state index contributed by atoms with van der Waals surface area (Å²) >= 11 is 0. The zero-order chi connectivity index (χ0) is 16.7. The largest absolute Gasteiger partial charge is 1.00 e. The minimum atomic E-state index is 0. The third-order valence-electron chi connectivity index (χ3n) is 6.88. The molecule has 0 saturated heterocycles. The minimum Gasteiger partial charge on any atom is -0.529 e. The summed E-state index contributed by atoms with van der Waals surface area (Å²) in [7, 11) is 0. The molecule has 0 aliphatic heterocycles. The van der Waals surface area contributed by atoms with Gasteiger partial charge in [-0.15, -0.1) is 0 Å². The maximum absolute atomic E-state index is 11.7. The number of rotatable bonds is 0. The first-order valence-electron chi connectivity index (χ1n) is 8.59. The fourth-order valence-corrected chi connectivity index (χ4v) is 5.68. The van der Waals surface area contributed by atoms with Gasteiger partial charge in [-0.3, -0.25) is 4.79 Å². The van der Waals surface area contributed by atoms with E-state index >= 15 is 0 Å². The molecule has 3 N–H and O–H groups in total. The molecular weight excluding hydrogens is 511 g/mol. The molecule has 0 bridgehead atoms. The average molecular weight is 538 g/mol. The van der Waals surface area contributed by atoms with Crippen molar-refractivity contribution in [2.24, 2.45) is 34.5 Å². The second-order valence-corrected chi connectivity index (χ2v) is 7.90. The SMILES string of the molecule is C[C@@]12C=CCC1C1CCC3=CC(=O)C=C[C@]3(C)C1CC2.[K+].[NH-]ON.[W]. The molecule has 0 spiro atoms. The van der Waals surface area contributed by atoms with Crippen LogP contribution in [0, 0.1) is 28.6 Å². The number of nitrogens with two attached hydrogens (primary N) is 1. The molecule has 0 aromatic carbocycles. The van der Waals surface area contributed by atoms with Crippen molar-refractivity contribution >= 4 is 5.78 Å². The molecule has 4 nitrogen and oxygen atoms in total. The number of hydrogen-bond donors (Lipinski definition) is 1. The monoisotopic (exact) mass is 538 g/mol.